The number of hydrogen-bond acceptors (Lipinski definition) is 1. The molecule has 1 atom stereocenters. The third-order valence-electron chi connectivity index (χ3n) is 3.69. The van der Waals surface area contributed by atoms with Gasteiger partial charge in [0.15, 0.2) is 0 Å². The first kappa shape index (κ1) is 14.5. The first-order chi connectivity index (χ1) is 9.22. The second-order valence-corrected chi connectivity index (χ2v) is 5.78. The lowest BCUT2D eigenvalue weighted by atomic mass is 9.99. The Morgan fingerprint density at radius 2 is 2.16 bits per heavy atom. The number of amides is 1. The molecule has 1 saturated heterocycles. The molecule has 0 spiro atoms. The van der Waals surface area contributed by atoms with Crippen LogP contribution in [-0.4, -0.2) is 28.7 Å². The topological polar surface area (TPSA) is 20.3 Å². The summed E-state index contributed by atoms with van der Waals surface area (Å²) in [5, 5.41) is 0.904. The maximum Gasteiger partial charge on any atom is 0.227 e. The van der Waals surface area contributed by atoms with Gasteiger partial charge in [0.05, 0.1) is 6.42 Å². The highest BCUT2D eigenvalue weighted by Gasteiger charge is 2.26. The number of benzene rings is 1. The average Bonchev–Trinajstić information content (AvgIpc) is 2.42. The largest absolute Gasteiger partial charge is 0.339 e. The molecule has 1 aromatic rings. The number of piperidine rings is 1. The van der Waals surface area contributed by atoms with Crippen molar-refractivity contribution < 1.29 is 9.18 Å². The second-order valence-electron chi connectivity index (χ2n) is 4.98. The molecule has 0 radical (unpaired) electrons. The van der Waals surface area contributed by atoms with E-state index in [1.54, 1.807) is 18.2 Å². The third kappa shape index (κ3) is 3.78. The van der Waals surface area contributed by atoms with E-state index in [9.17, 15) is 9.18 Å². The van der Waals surface area contributed by atoms with Crippen LogP contribution in [0.25, 0.3) is 0 Å². The van der Waals surface area contributed by atoms with Crippen LogP contribution in [0.5, 0.6) is 0 Å². The van der Waals surface area contributed by atoms with Crippen LogP contribution in [-0.2, 0) is 11.2 Å². The van der Waals surface area contributed by atoms with Gasteiger partial charge in [-0.25, -0.2) is 4.39 Å². The standard InChI is InChI=1S/C15H19BrFNO/c16-9-8-13-6-3-4-10-18(13)15(19)11-12-5-1-2-7-14(12)17/h1-2,5,7,13H,3-4,6,8-11H2. The molecule has 1 heterocycles. The van der Waals surface area contributed by atoms with Gasteiger partial charge in [-0.1, -0.05) is 34.1 Å². The highest BCUT2D eigenvalue weighted by Crippen LogP contribution is 2.21. The summed E-state index contributed by atoms with van der Waals surface area (Å²) in [7, 11) is 0. The summed E-state index contributed by atoms with van der Waals surface area (Å²) in [4.78, 5) is 14.3. The number of carbonyl (C=O) groups is 1. The minimum Gasteiger partial charge on any atom is -0.339 e. The zero-order valence-corrected chi connectivity index (χ0v) is 12.5. The third-order valence-corrected chi connectivity index (χ3v) is 4.15. The Morgan fingerprint density at radius 1 is 1.37 bits per heavy atom. The van der Waals surface area contributed by atoms with E-state index in [-0.39, 0.29) is 18.1 Å². The Kier molecular flexibility index (Phi) is 5.37. The molecule has 1 fully saturated rings. The zero-order chi connectivity index (χ0) is 13.7. The molecular weight excluding hydrogens is 309 g/mol. The molecule has 0 saturated carbocycles. The molecule has 1 aliphatic heterocycles. The SMILES string of the molecule is O=C(Cc1ccccc1F)N1CCCCC1CCBr. The molecule has 1 amide bonds. The van der Waals surface area contributed by atoms with E-state index in [1.165, 1.54) is 12.5 Å². The quantitative estimate of drug-likeness (QED) is 0.774. The summed E-state index contributed by atoms with van der Waals surface area (Å²) >= 11 is 3.44. The van der Waals surface area contributed by atoms with Gasteiger partial charge in [0, 0.05) is 17.9 Å². The Balaban J connectivity index is 2.03. The summed E-state index contributed by atoms with van der Waals surface area (Å²) < 4.78 is 13.6. The van der Waals surface area contributed by atoms with E-state index in [4.69, 9.17) is 0 Å². The first-order valence-electron chi connectivity index (χ1n) is 6.81. The van der Waals surface area contributed by atoms with Gasteiger partial charge in [0.25, 0.3) is 0 Å². The fourth-order valence-electron chi connectivity index (χ4n) is 2.66. The van der Waals surface area contributed by atoms with E-state index in [2.05, 4.69) is 15.9 Å². The smallest absolute Gasteiger partial charge is 0.227 e. The van der Waals surface area contributed by atoms with E-state index in [1.807, 2.05) is 4.90 Å². The van der Waals surface area contributed by atoms with Crippen LogP contribution in [0.3, 0.4) is 0 Å². The number of likely N-dealkylation sites (tertiary alicyclic amines) is 1. The molecule has 2 rings (SSSR count). The van der Waals surface area contributed by atoms with Crippen molar-refractivity contribution in [2.45, 2.75) is 38.1 Å². The van der Waals surface area contributed by atoms with Crippen LogP contribution in [0.2, 0.25) is 0 Å². The highest BCUT2D eigenvalue weighted by molar-refractivity contribution is 9.09. The summed E-state index contributed by atoms with van der Waals surface area (Å²) in [5.41, 5.74) is 0.496. The fraction of sp³-hybridized carbons (Fsp3) is 0.533. The van der Waals surface area contributed by atoms with Crippen molar-refractivity contribution in [2.75, 3.05) is 11.9 Å². The van der Waals surface area contributed by atoms with Crippen LogP contribution in [0.1, 0.15) is 31.2 Å². The lowest BCUT2D eigenvalue weighted by molar-refractivity contribution is -0.134. The molecule has 4 heteroatoms. The Morgan fingerprint density at radius 3 is 2.89 bits per heavy atom. The molecule has 1 unspecified atom stereocenters. The average molecular weight is 328 g/mol. The summed E-state index contributed by atoms with van der Waals surface area (Å²) in [6.07, 6.45) is 4.45. The van der Waals surface area contributed by atoms with Crippen molar-refractivity contribution >= 4 is 21.8 Å². The van der Waals surface area contributed by atoms with Gasteiger partial charge < -0.3 is 4.90 Å². The van der Waals surface area contributed by atoms with Gasteiger partial charge in [0.1, 0.15) is 5.82 Å². The number of alkyl halides is 1. The molecule has 0 aliphatic carbocycles. The van der Waals surface area contributed by atoms with Crippen molar-refractivity contribution in [3.63, 3.8) is 0 Å². The molecule has 104 valence electrons. The van der Waals surface area contributed by atoms with Crippen molar-refractivity contribution in [3.05, 3.63) is 35.6 Å². The number of nitrogens with zero attached hydrogens (tertiary/aromatic N) is 1. The normalized spacial score (nSPS) is 19.5. The highest BCUT2D eigenvalue weighted by atomic mass is 79.9. The maximum atomic E-state index is 13.6. The van der Waals surface area contributed by atoms with Gasteiger partial charge in [0.2, 0.25) is 5.91 Å². The van der Waals surface area contributed by atoms with Crippen molar-refractivity contribution in [1.82, 2.24) is 4.90 Å². The van der Waals surface area contributed by atoms with Crippen molar-refractivity contribution in [1.29, 1.82) is 0 Å². The zero-order valence-electron chi connectivity index (χ0n) is 10.9. The maximum absolute atomic E-state index is 13.6. The lowest BCUT2D eigenvalue weighted by Crippen LogP contribution is -2.44. The van der Waals surface area contributed by atoms with Gasteiger partial charge in [-0.3, -0.25) is 4.79 Å². The number of rotatable bonds is 4. The van der Waals surface area contributed by atoms with E-state index in [0.29, 0.717) is 11.6 Å². The van der Waals surface area contributed by atoms with Gasteiger partial charge >= 0.3 is 0 Å². The summed E-state index contributed by atoms with van der Waals surface area (Å²) in [5.74, 6) is -0.236. The molecule has 0 N–H and O–H groups in total. The van der Waals surface area contributed by atoms with Crippen molar-refractivity contribution in [2.24, 2.45) is 0 Å². The van der Waals surface area contributed by atoms with Crippen LogP contribution < -0.4 is 0 Å². The summed E-state index contributed by atoms with van der Waals surface area (Å²) in [6, 6.07) is 6.84. The van der Waals surface area contributed by atoms with Crippen LogP contribution in [0.15, 0.2) is 24.3 Å². The fourth-order valence-corrected chi connectivity index (χ4v) is 3.19. The first-order valence-corrected chi connectivity index (χ1v) is 7.93. The molecular formula is C15H19BrFNO. The molecule has 19 heavy (non-hydrogen) atoms. The molecule has 0 bridgehead atoms. The minimum atomic E-state index is -0.287. The predicted molar refractivity (Wildman–Crippen MR) is 77.9 cm³/mol. The van der Waals surface area contributed by atoms with Crippen LogP contribution >= 0.6 is 15.9 Å². The van der Waals surface area contributed by atoms with Gasteiger partial charge in [-0.15, -0.1) is 0 Å². The van der Waals surface area contributed by atoms with Crippen LogP contribution in [0.4, 0.5) is 4.39 Å². The molecule has 1 aliphatic rings. The Bertz CT molecular complexity index is 436. The summed E-state index contributed by atoms with van der Waals surface area (Å²) in [6.45, 7) is 0.810. The Hall–Kier alpha value is -0.900. The predicted octanol–water partition coefficient (Wildman–Crippen LogP) is 3.53. The molecule has 2 nitrogen and oxygen atoms in total. The number of halogens is 2. The van der Waals surface area contributed by atoms with E-state index < -0.39 is 0 Å². The van der Waals surface area contributed by atoms with Crippen LogP contribution in [0, 0.1) is 5.82 Å². The van der Waals surface area contributed by atoms with Gasteiger partial charge in [-0.05, 0) is 37.3 Å². The monoisotopic (exact) mass is 327 g/mol. The lowest BCUT2D eigenvalue weighted by Gasteiger charge is -2.35. The van der Waals surface area contributed by atoms with Crippen molar-refractivity contribution in [3.8, 4) is 0 Å². The van der Waals surface area contributed by atoms with E-state index >= 15 is 0 Å². The number of carbonyl (C=O) groups excluding carboxylic acids is 1. The van der Waals surface area contributed by atoms with E-state index in [0.717, 1.165) is 31.1 Å². The minimum absolute atomic E-state index is 0.0516. The number of hydrogen-bond donors (Lipinski definition) is 0. The molecule has 1 aromatic carbocycles. The second kappa shape index (κ2) is 7.04. The molecule has 0 aromatic heterocycles. The Labute approximate surface area is 122 Å². The van der Waals surface area contributed by atoms with Gasteiger partial charge in [-0.2, -0.15) is 0 Å².